The minimum Gasteiger partial charge on any atom is -0.383 e. The molecule has 0 atom stereocenters. The first kappa shape index (κ1) is 12.1. The van der Waals surface area contributed by atoms with Crippen LogP contribution in [0.4, 0.5) is 14.5 Å². The highest BCUT2D eigenvalue weighted by Gasteiger charge is 2.16. The molecule has 0 aliphatic rings. The molecule has 0 heterocycles. The van der Waals surface area contributed by atoms with Gasteiger partial charge in [0.1, 0.15) is 0 Å². The summed E-state index contributed by atoms with van der Waals surface area (Å²) in [6, 6.07) is 1.37. The van der Waals surface area contributed by atoms with Gasteiger partial charge in [0, 0.05) is 14.1 Å². The lowest BCUT2D eigenvalue weighted by atomic mass is 10.1. The molecule has 0 N–H and O–H groups in total. The smallest absolute Gasteiger partial charge is 0.279 e. The highest BCUT2D eigenvalue weighted by atomic mass is 19.2. The second-order valence-electron chi connectivity index (χ2n) is 3.36. The molecule has 0 aromatic heterocycles. The number of hydrogen-bond donors (Lipinski definition) is 0. The van der Waals surface area contributed by atoms with E-state index < -0.39 is 22.2 Å². The zero-order chi connectivity index (χ0) is 12.3. The molecule has 4 nitrogen and oxygen atoms in total. The minimum absolute atomic E-state index is 0.0256. The monoisotopic (exact) mass is 228 g/mol. The molecule has 0 unspecified atom stereocenters. The van der Waals surface area contributed by atoms with Crippen LogP contribution in [0.1, 0.15) is 5.56 Å². The van der Waals surface area contributed by atoms with E-state index in [1.165, 1.54) is 12.3 Å². The average molecular weight is 228 g/mol. The van der Waals surface area contributed by atoms with Crippen LogP contribution in [-0.2, 0) is 0 Å². The number of nitro benzene ring substituents is 1. The van der Waals surface area contributed by atoms with Crippen molar-refractivity contribution in [2.24, 2.45) is 0 Å². The number of nitro groups is 1. The first-order valence-corrected chi connectivity index (χ1v) is 4.40. The number of benzene rings is 1. The number of hydrogen-bond acceptors (Lipinski definition) is 3. The van der Waals surface area contributed by atoms with Gasteiger partial charge in [-0.05, 0) is 18.3 Å². The van der Waals surface area contributed by atoms with Gasteiger partial charge in [-0.15, -0.1) is 0 Å². The Balaban J connectivity index is 3.25. The fourth-order valence-corrected chi connectivity index (χ4v) is 1.07. The van der Waals surface area contributed by atoms with E-state index in [0.717, 1.165) is 6.07 Å². The lowest BCUT2D eigenvalue weighted by Crippen LogP contribution is -2.01. The zero-order valence-electron chi connectivity index (χ0n) is 8.78. The Morgan fingerprint density at radius 2 is 1.88 bits per heavy atom. The van der Waals surface area contributed by atoms with E-state index in [1.807, 2.05) is 0 Å². The Bertz CT molecular complexity index is 445. The zero-order valence-corrected chi connectivity index (χ0v) is 8.78. The summed E-state index contributed by atoms with van der Waals surface area (Å²) < 4.78 is 25.7. The molecule has 0 radical (unpaired) electrons. The Morgan fingerprint density at radius 1 is 1.31 bits per heavy atom. The average Bonchev–Trinajstić information content (AvgIpc) is 2.18. The molecule has 0 fully saturated rings. The lowest BCUT2D eigenvalue weighted by molar-refractivity contribution is -0.385. The molecule has 0 amide bonds. The molecular weight excluding hydrogens is 218 g/mol. The van der Waals surface area contributed by atoms with Gasteiger partial charge in [-0.25, -0.2) is 8.78 Å². The molecule has 0 bridgehead atoms. The van der Waals surface area contributed by atoms with Crippen LogP contribution in [-0.4, -0.2) is 23.9 Å². The third-order valence-electron chi connectivity index (χ3n) is 1.82. The van der Waals surface area contributed by atoms with E-state index in [0.29, 0.717) is 6.07 Å². The predicted molar refractivity (Wildman–Crippen MR) is 55.7 cm³/mol. The fourth-order valence-electron chi connectivity index (χ4n) is 1.07. The van der Waals surface area contributed by atoms with Crippen LogP contribution in [0.3, 0.4) is 0 Å². The molecule has 6 heteroatoms. The van der Waals surface area contributed by atoms with Crippen molar-refractivity contribution in [3.05, 3.63) is 45.6 Å². The highest BCUT2D eigenvalue weighted by molar-refractivity contribution is 5.60. The summed E-state index contributed by atoms with van der Waals surface area (Å²) in [5.74, 6) is -2.34. The van der Waals surface area contributed by atoms with E-state index >= 15 is 0 Å². The summed E-state index contributed by atoms with van der Waals surface area (Å²) in [7, 11) is 3.42. The summed E-state index contributed by atoms with van der Waals surface area (Å²) in [6.45, 7) is 0. The standard InChI is InChI=1S/C10H10F2N2O2/c1-13(2)4-3-7-5-8(11)9(12)6-10(7)14(15)16/h3-6H,1-2H3/b4-3+. The predicted octanol–water partition coefficient (Wildman–Crippen LogP) is 2.41. The summed E-state index contributed by atoms with van der Waals surface area (Å²) >= 11 is 0. The largest absolute Gasteiger partial charge is 0.383 e. The highest BCUT2D eigenvalue weighted by Crippen LogP contribution is 2.23. The van der Waals surface area contributed by atoms with Crippen molar-refractivity contribution in [3.8, 4) is 0 Å². The van der Waals surface area contributed by atoms with Crippen LogP contribution in [0.5, 0.6) is 0 Å². The Kier molecular flexibility index (Phi) is 3.55. The Labute approximate surface area is 90.9 Å². The van der Waals surface area contributed by atoms with Crippen molar-refractivity contribution < 1.29 is 13.7 Å². The molecule has 1 aromatic rings. The van der Waals surface area contributed by atoms with Crippen molar-refractivity contribution in [2.75, 3.05) is 14.1 Å². The summed E-state index contributed by atoms with van der Waals surface area (Å²) in [6.07, 6.45) is 2.86. The van der Waals surface area contributed by atoms with Crippen LogP contribution < -0.4 is 0 Å². The van der Waals surface area contributed by atoms with Crippen LogP contribution >= 0.6 is 0 Å². The maximum Gasteiger partial charge on any atom is 0.279 e. The van der Waals surface area contributed by atoms with Gasteiger partial charge in [0.2, 0.25) is 0 Å². The third-order valence-corrected chi connectivity index (χ3v) is 1.82. The fraction of sp³-hybridized carbons (Fsp3) is 0.200. The molecule has 0 saturated heterocycles. The Morgan fingerprint density at radius 3 is 2.38 bits per heavy atom. The summed E-state index contributed by atoms with van der Waals surface area (Å²) in [4.78, 5) is 11.5. The van der Waals surface area contributed by atoms with Crippen LogP contribution in [0, 0.1) is 21.7 Å². The quantitative estimate of drug-likeness (QED) is 0.589. The minimum atomic E-state index is -1.23. The van der Waals surface area contributed by atoms with E-state index in [-0.39, 0.29) is 5.56 Å². The van der Waals surface area contributed by atoms with Crippen LogP contribution in [0.2, 0.25) is 0 Å². The second-order valence-corrected chi connectivity index (χ2v) is 3.36. The van der Waals surface area contributed by atoms with Gasteiger partial charge in [-0.2, -0.15) is 0 Å². The SMILES string of the molecule is CN(C)/C=C/c1cc(F)c(F)cc1[N+](=O)[O-]. The summed E-state index contributed by atoms with van der Waals surface area (Å²) in [5.41, 5.74) is -0.436. The number of rotatable bonds is 3. The van der Waals surface area contributed by atoms with Gasteiger partial charge < -0.3 is 4.90 Å². The van der Waals surface area contributed by atoms with Gasteiger partial charge in [-0.1, -0.05) is 0 Å². The van der Waals surface area contributed by atoms with E-state index in [2.05, 4.69) is 0 Å². The second kappa shape index (κ2) is 4.69. The molecule has 0 saturated carbocycles. The molecule has 0 aliphatic carbocycles. The first-order valence-electron chi connectivity index (χ1n) is 4.40. The van der Waals surface area contributed by atoms with Crippen molar-refractivity contribution in [1.82, 2.24) is 4.90 Å². The molecule has 1 rings (SSSR count). The number of nitrogens with zero attached hydrogens (tertiary/aromatic N) is 2. The van der Waals surface area contributed by atoms with Gasteiger partial charge >= 0.3 is 0 Å². The van der Waals surface area contributed by atoms with E-state index in [4.69, 9.17) is 0 Å². The van der Waals surface area contributed by atoms with Crippen LogP contribution in [0.25, 0.3) is 6.08 Å². The molecule has 16 heavy (non-hydrogen) atoms. The van der Waals surface area contributed by atoms with Gasteiger partial charge in [0.05, 0.1) is 16.6 Å². The van der Waals surface area contributed by atoms with Crippen molar-refractivity contribution in [2.45, 2.75) is 0 Å². The molecule has 0 spiro atoms. The molecule has 0 aliphatic heterocycles. The van der Waals surface area contributed by atoms with Gasteiger partial charge in [0.25, 0.3) is 5.69 Å². The van der Waals surface area contributed by atoms with Crippen molar-refractivity contribution in [3.63, 3.8) is 0 Å². The van der Waals surface area contributed by atoms with Crippen LogP contribution in [0.15, 0.2) is 18.3 Å². The topological polar surface area (TPSA) is 46.4 Å². The van der Waals surface area contributed by atoms with Gasteiger partial charge in [0.15, 0.2) is 11.6 Å². The normalized spacial score (nSPS) is 10.8. The maximum atomic E-state index is 12.9. The lowest BCUT2D eigenvalue weighted by Gasteiger charge is -2.04. The van der Waals surface area contributed by atoms with E-state index in [1.54, 1.807) is 19.0 Å². The van der Waals surface area contributed by atoms with Crippen molar-refractivity contribution >= 4 is 11.8 Å². The Hall–Kier alpha value is -1.98. The first-order chi connectivity index (χ1) is 7.41. The molecule has 86 valence electrons. The third kappa shape index (κ3) is 2.75. The molecule has 1 aromatic carbocycles. The van der Waals surface area contributed by atoms with Crippen molar-refractivity contribution in [1.29, 1.82) is 0 Å². The molecular formula is C10H10F2N2O2. The number of halogens is 2. The van der Waals surface area contributed by atoms with Gasteiger partial charge in [-0.3, -0.25) is 10.1 Å². The van der Waals surface area contributed by atoms with E-state index in [9.17, 15) is 18.9 Å². The maximum absolute atomic E-state index is 12.9. The summed E-state index contributed by atoms with van der Waals surface area (Å²) in [5, 5.41) is 10.6.